The third-order valence-electron chi connectivity index (χ3n) is 3.74. The van der Waals surface area contributed by atoms with Crippen LogP contribution in [0.1, 0.15) is 24.2 Å². The largest absolute Gasteiger partial charge is 0.459 e. The molecule has 0 radical (unpaired) electrons. The third kappa shape index (κ3) is 3.10. The molecule has 0 fully saturated rings. The minimum absolute atomic E-state index is 0.0921. The van der Waals surface area contributed by atoms with Gasteiger partial charge in [-0.1, -0.05) is 29.8 Å². The van der Waals surface area contributed by atoms with Crippen LogP contribution in [0.2, 0.25) is 5.02 Å². The lowest BCUT2D eigenvalue weighted by molar-refractivity contribution is 0.0377. The Morgan fingerprint density at radius 3 is 2.48 bits per heavy atom. The summed E-state index contributed by atoms with van der Waals surface area (Å²) in [6.07, 6.45) is -0.364. The summed E-state index contributed by atoms with van der Waals surface area (Å²) in [4.78, 5) is 25.5. The van der Waals surface area contributed by atoms with Gasteiger partial charge in [0, 0.05) is 16.1 Å². The van der Waals surface area contributed by atoms with E-state index in [1.54, 1.807) is 56.3 Å². The number of halogens is 1. The number of nitrogens with two attached hydrogens (primary N) is 1. The van der Waals surface area contributed by atoms with Crippen molar-refractivity contribution in [3.8, 4) is 5.69 Å². The fraction of sp³-hybridized carbons (Fsp3) is 0.158. The van der Waals surface area contributed by atoms with Crippen LogP contribution in [0.15, 0.2) is 53.3 Å². The van der Waals surface area contributed by atoms with Gasteiger partial charge in [0.25, 0.3) is 5.56 Å². The SMILES string of the molecule is CC(C)OC(=O)c1c(N)c2ccc(Cl)cc2n(-c2ccccc2)c1=O. The van der Waals surface area contributed by atoms with Crippen LogP contribution in [0.4, 0.5) is 5.69 Å². The van der Waals surface area contributed by atoms with Gasteiger partial charge in [-0.2, -0.15) is 0 Å². The second-order valence-corrected chi connectivity index (χ2v) is 6.32. The maximum Gasteiger partial charge on any atom is 0.346 e. The molecule has 0 saturated heterocycles. The van der Waals surface area contributed by atoms with Crippen molar-refractivity contribution in [2.24, 2.45) is 0 Å². The number of carbonyl (C=O) groups is 1. The highest BCUT2D eigenvalue weighted by Gasteiger charge is 2.23. The number of carbonyl (C=O) groups excluding carboxylic acids is 1. The summed E-state index contributed by atoms with van der Waals surface area (Å²) in [5, 5.41) is 1.03. The Labute approximate surface area is 149 Å². The lowest BCUT2D eigenvalue weighted by atomic mass is 10.1. The molecular formula is C19H17ClN2O3. The first-order valence-electron chi connectivity index (χ1n) is 7.80. The molecule has 25 heavy (non-hydrogen) atoms. The van der Waals surface area contributed by atoms with Crippen LogP contribution in [-0.2, 0) is 4.74 Å². The van der Waals surface area contributed by atoms with Gasteiger partial charge in [-0.3, -0.25) is 9.36 Å². The maximum absolute atomic E-state index is 13.1. The number of hydrogen-bond acceptors (Lipinski definition) is 4. The van der Waals surface area contributed by atoms with Crippen LogP contribution >= 0.6 is 11.6 Å². The zero-order valence-electron chi connectivity index (χ0n) is 13.8. The van der Waals surface area contributed by atoms with Crippen molar-refractivity contribution in [3.05, 3.63) is 69.5 Å². The minimum atomic E-state index is -0.737. The highest BCUT2D eigenvalue weighted by Crippen LogP contribution is 2.27. The fourth-order valence-corrected chi connectivity index (χ4v) is 2.86. The normalized spacial score (nSPS) is 11.0. The van der Waals surface area contributed by atoms with E-state index < -0.39 is 11.5 Å². The number of fused-ring (bicyclic) bond motifs is 1. The lowest BCUT2D eigenvalue weighted by Crippen LogP contribution is -2.29. The van der Waals surface area contributed by atoms with E-state index in [2.05, 4.69) is 0 Å². The molecule has 2 aromatic carbocycles. The first-order valence-corrected chi connectivity index (χ1v) is 8.18. The molecular weight excluding hydrogens is 340 g/mol. The van der Waals surface area contributed by atoms with Gasteiger partial charge in [-0.25, -0.2) is 4.79 Å². The highest BCUT2D eigenvalue weighted by molar-refractivity contribution is 6.31. The Morgan fingerprint density at radius 2 is 1.84 bits per heavy atom. The first-order chi connectivity index (χ1) is 11.9. The summed E-state index contributed by atoms with van der Waals surface area (Å²) in [5.74, 6) is -0.737. The number of ether oxygens (including phenoxy) is 1. The molecule has 0 aliphatic rings. The maximum atomic E-state index is 13.1. The summed E-state index contributed by atoms with van der Waals surface area (Å²) in [6.45, 7) is 3.43. The van der Waals surface area contributed by atoms with Crippen LogP contribution in [0, 0.1) is 0 Å². The van der Waals surface area contributed by atoms with Crippen LogP contribution in [-0.4, -0.2) is 16.6 Å². The van der Waals surface area contributed by atoms with Crippen molar-refractivity contribution in [2.75, 3.05) is 5.73 Å². The molecule has 3 aromatic rings. The van der Waals surface area contributed by atoms with Gasteiger partial charge in [0.05, 0.1) is 17.3 Å². The van der Waals surface area contributed by atoms with E-state index >= 15 is 0 Å². The molecule has 1 aromatic heterocycles. The molecule has 0 spiro atoms. The predicted octanol–water partition coefficient (Wildman–Crippen LogP) is 3.79. The van der Waals surface area contributed by atoms with Crippen LogP contribution in [0.3, 0.4) is 0 Å². The van der Waals surface area contributed by atoms with E-state index in [9.17, 15) is 9.59 Å². The summed E-state index contributed by atoms with van der Waals surface area (Å²) < 4.78 is 6.63. The Kier molecular flexibility index (Phi) is 4.51. The first kappa shape index (κ1) is 17.0. The topological polar surface area (TPSA) is 74.3 Å². The Bertz CT molecular complexity index is 1010. The van der Waals surface area contributed by atoms with Gasteiger partial charge in [-0.05, 0) is 44.2 Å². The zero-order valence-corrected chi connectivity index (χ0v) is 14.6. The van der Waals surface area contributed by atoms with Crippen molar-refractivity contribution in [1.29, 1.82) is 0 Å². The molecule has 0 aliphatic heterocycles. The second kappa shape index (κ2) is 6.61. The monoisotopic (exact) mass is 356 g/mol. The third-order valence-corrected chi connectivity index (χ3v) is 3.97. The lowest BCUT2D eigenvalue weighted by Gasteiger charge is -2.16. The predicted molar refractivity (Wildman–Crippen MR) is 99.5 cm³/mol. The molecule has 0 aliphatic carbocycles. The number of rotatable bonds is 3. The summed E-state index contributed by atoms with van der Waals surface area (Å²) in [7, 11) is 0. The summed E-state index contributed by atoms with van der Waals surface area (Å²) in [5.41, 5.74) is 6.66. The van der Waals surface area contributed by atoms with Crippen molar-refractivity contribution >= 4 is 34.2 Å². The number of nitrogen functional groups attached to an aromatic ring is 1. The Hall–Kier alpha value is -2.79. The number of anilines is 1. The van der Waals surface area contributed by atoms with E-state index in [1.807, 2.05) is 6.07 Å². The van der Waals surface area contributed by atoms with Gasteiger partial charge in [0.1, 0.15) is 5.56 Å². The quantitative estimate of drug-likeness (QED) is 0.724. The molecule has 3 rings (SSSR count). The molecule has 6 heteroatoms. The van der Waals surface area contributed by atoms with E-state index in [1.165, 1.54) is 4.57 Å². The number of pyridine rings is 1. The molecule has 2 N–H and O–H groups in total. The second-order valence-electron chi connectivity index (χ2n) is 5.88. The molecule has 0 bridgehead atoms. The molecule has 1 heterocycles. The number of aromatic nitrogens is 1. The average Bonchev–Trinajstić information content (AvgIpc) is 2.55. The standard InChI is InChI=1S/C19H17ClN2O3/c1-11(2)25-19(24)16-17(21)14-9-8-12(20)10-15(14)22(18(16)23)13-6-4-3-5-7-13/h3-11H,21H2,1-2H3. The molecule has 0 saturated carbocycles. The van der Waals surface area contributed by atoms with E-state index in [0.717, 1.165) is 0 Å². The van der Waals surface area contributed by atoms with Gasteiger partial charge >= 0.3 is 5.97 Å². The fourth-order valence-electron chi connectivity index (χ4n) is 2.69. The van der Waals surface area contributed by atoms with E-state index in [4.69, 9.17) is 22.1 Å². The van der Waals surface area contributed by atoms with Gasteiger partial charge in [0.15, 0.2) is 0 Å². The van der Waals surface area contributed by atoms with Gasteiger partial charge < -0.3 is 10.5 Å². The van der Waals surface area contributed by atoms with Crippen LogP contribution in [0.5, 0.6) is 0 Å². The zero-order chi connectivity index (χ0) is 18.1. The van der Waals surface area contributed by atoms with Crippen molar-refractivity contribution < 1.29 is 9.53 Å². The Balaban J connectivity index is 2.42. The molecule has 0 atom stereocenters. The number of esters is 1. The van der Waals surface area contributed by atoms with Crippen molar-refractivity contribution in [1.82, 2.24) is 4.57 Å². The number of hydrogen-bond donors (Lipinski definition) is 1. The van der Waals surface area contributed by atoms with E-state index in [-0.39, 0.29) is 17.4 Å². The molecule has 0 amide bonds. The summed E-state index contributed by atoms with van der Waals surface area (Å²) >= 11 is 6.11. The summed E-state index contributed by atoms with van der Waals surface area (Å²) in [6, 6.07) is 14.0. The van der Waals surface area contributed by atoms with Gasteiger partial charge in [0.2, 0.25) is 0 Å². The number of nitrogens with zero attached hydrogens (tertiary/aromatic N) is 1. The van der Waals surface area contributed by atoms with Crippen LogP contribution in [0.25, 0.3) is 16.6 Å². The molecule has 128 valence electrons. The van der Waals surface area contributed by atoms with E-state index in [0.29, 0.717) is 21.6 Å². The number of benzene rings is 2. The molecule has 0 unspecified atom stereocenters. The van der Waals surface area contributed by atoms with Gasteiger partial charge in [-0.15, -0.1) is 0 Å². The highest BCUT2D eigenvalue weighted by atomic mass is 35.5. The van der Waals surface area contributed by atoms with Crippen molar-refractivity contribution in [2.45, 2.75) is 20.0 Å². The average molecular weight is 357 g/mol. The van der Waals surface area contributed by atoms with Crippen molar-refractivity contribution in [3.63, 3.8) is 0 Å². The van der Waals surface area contributed by atoms with Crippen LogP contribution < -0.4 is 11.3 Å². The minimum Gasteiger partial charge on any atom is -0.459 e. The Morgan fingerprint density at radius 1 is 1.16 bits per heavy atom. The number of para-hydroxylation sites is 1. The smallest absolute Gasteiger partial charge is 0.346 e. The molecule has 5 nitrogen and oxygen atoms in total.